The number of nitrogens with zero attached hydrogens (tertiary/aromatic N) is 3. The van der Waals surface area contributed by atoms with Crippen LogP contribution in [0.4, 0.5) is 11.5 Å². The zero-order chi connectivity index (χ0) is 35.8. The van der Waals surface area contributed by atoms with Gasteiger partial charge < -0.3 is 29.2 Å². The van der Waals surface area contributed by atoms with E-state index in [1.54, 1.807) is 36.9 Å². The van der Waals surface area contributed by atoms with Crippen molar-refractivity contribution < 1.29 is 27.4 Å². The third-order valence-electron chi connectivity index (χ3n) is 9.82. The third-order valence-corrected chi connectivity index (χ3v) is 11.8. The molecule has 0 spiro atoms. The van der Waals surface area contributed by atoms with Crippen LogP contribution in [-0.2, 0) is 26.1 Å². The van der Waals surface area contributed by atoms with E-state index < -0.39 is 16.1 Å². The Hall–Kier alpha value is -4.16. The number of aromatic nitrogens is 1. The zero-order valence-corrected chi connectivity index (χ0v) is 30.8. The van der Waals surface area contributed by atoms with Gasteiger partial charge in [-0.3, -0.25) is 0 Å². The van der Waals surface area contributed by atoms with E-state index in [0.29, 0.717) is 32.7 Å². The van der Waals surface area contributed by atoms with Crippen molar-refractivity contribution in [1.82, 2.24) is 9.29 Å². The van der Waals surface area contributed by atoms with E-state index in [0.717, 1.165) is 59.2 Å². The standard InChI is InChI=1S/C40H50N4O6S/c1-29-9-16-35(17-10-29)51(45,46)44-27-39(50-28-31-11-18-38-37(25-31)43(21-23-49-38)20-7-22-47-3)36(32-12-14-34(48-4)15-13-32)26-33(44)24-30(2)42-40-8-5-6-19-41-40/h5-6,8-19,25,30,33,36,39H,7,20-24,26-28H2,1-4H3,(H,41,42)/t30?,33-,36?,39-/m0/s1. The average Bonchev–Trinajstić information content (AvgIpc) is 3.15. The highest BCUT2D eigenvalue weighted by atomic mass is 32.2. The summed E-state index contributed by atoms with van der Waals surface area (Å²) >= 11 is 0. The number of anilines is 2. The maximum Gasteiger partial charge on any atom is 0.243 e. The van der Waals surface area contributed by atoms with Gasteiger partial charge in [0.25, 0.3) is 0 Å². The number of methoxy groups -OCH3 is 2. The van der Waals surface area contributed by atoms with E-state index in [2.05, 4.69) is 40.3 Å². The van der Waals surface area contributed by atoms with Gasteiger partial charge in [-0.15, -0.1) is 0 Å². The first-order valence-corrected chi connectivity index (χ1v) is 19.2. The summed E-state index contributed by atoms with van der Waals surface area (Å²) in [5, 5.41) is 3.48. The Balaban J connectivity index is 1.30. The summed E-state index contributed by atoms with van der Waals surface area (Å²) in [6, 6.07) is 26.8. The van der Waals surface area contributed by atoms with Crippen molar-refractivity contribution in [1.29, 1.82) is 0 Å². The molecule has 6 rings (SSSR count). The minimum Gasteiger partial charge on any atom is -0.497 e. The molecule has 51 heavy (non-hydrogen) atoms. The molecular weight excluding hydrogens is 665 g/mol. The van der Waals surface area contributed by atoms with Gasteiger partial charge in [0, 0.05) is 51.0 Å². The third kappa shape index (κ3) is 9.02. The lowest BCUT2D eigenvalue weighted by atomic mass is 9.82. The Bertz CT molecular complexity index is 1810. The molecule has 2 unspecified atom stereocenters. The Morgan fingerprint density at radius 3 is 2.55 bits per heavy atom. The second-order valence-corrected chi connectivity index (χ2v) is 15.4. The molecule has 0 bridgehead atoms. The van der Waals surface area contributed by atoms with Crippen LogP contribution in [0, 0.1) is 6.92 Å². The first kappa shape index (κ1) is 36.6. The molecular formula is C40H50N4O6S. The molecule has 2 aliphatic heterocycles. The van der Waals surface area contributed by atoms with E-state index >= 15 is 0 Å². The number of aryl methyl sites for hydroxylation is 1. The maximum atomic E-state index is 14.5. The molecule has 4 atom stereocenters. The predicted molar refractivity (Wildman–Crippen MR) is 200 cm³/mol. The number of sulfonamides is 1. The van der Waals surface area contributed by atoms with Gasteiger partial charge >= 0.3 is 0 Å². The molecule has 0 aliphatic carbocycles. The summed E-state index contributed by atoms with van der Waals surface area (Å²) in [6.07, 6.45) is 3.44. The van der Waals surface area contributed by atoms with Crippen LogP contribution in [0.25, 0.3) is 0 Å². The van der Waals surface area contributed by atoms with Crippen LogP contribution >= 0.6 is 0 Å². The molecule has 3 aromatic carbocycles. The number of hydrogen-bond donors (Lipinski definition) is 1. The minimum atomic E-state index is -3.85. The molecule has 0 radical (unpaired) electrons. The predicted octanol–water partition coefficient (Wildman–Crippen LogP) is 6.66. The van der Waals surface area contributed by atoms with Crippen molar-refractivity contribution in [2.75, 3.05) is 57.3 Å². The quantitative estimate of drug-likeness (QED) is 0.136. The topological polar surface area (TPSA) is 102 Å². The first-order chi connectivity index (χ1) is 24.7. The van der Waals surface area contributed by atoms with E-state index in [1.807, 2.05) is 61.5 Å². The number of hydrogen-bond acceptors (Lipinski definition) is 9. The molecule has 3 heterocycles. The number of nitrogens with one attached hydrogen (secondary N) is 1. The van der Waals surface area contributed by atoms with Crippen molar-refractivity contribution in [3.63, 3.8) is 0 Å². The van der Waals surface area contributed by atoms with Crippen LogP contribution in [-0.4, -0.2) is 83.0 Å². The van der Waals surface area contributed by atoms with Gasteiger partial charge in [0.2, 0.25) is 10.0 Å². The molecule has 1 saturated heterocycles. The smallest absolute Gasteiger partial charge is 0.243 e. The highest BCUT2D eigenvalue weighted by Crippen LogP contribution is 2.40. The number of pyridine rings is 1. The van der Waals surface area contributed by atoms with E-state index in [4.69, 9.17) is 18.9 Å². The van der Waals surface area contributed by atoms with Crippen molar-refractivity contribution in [3.8, 4) is 11.5 Å². The van der Waals surface area contributed by atoms with Gasteiger partial charge in [-0.05, 0) is 92.8 Å². The first-order valence-electron chi connectivity index (χ1n) is 17.8. The zero-order valence-electron chi connectivity index (χ0n) is 30.0. The molecule has 1 aromatic heterocycles. The Morgan fingerprint density at radius 2 is 1.82 bits per heavy atom. The van der Waals surface area contributed by atoms with E-state index in [9.17, 15) is 8.42 Å². The summed E-state index contributed by atoms with van der Waals surface area (Å²) in [5.74, 6) is 2.34. The normalized spacial score (nSPS) is 19.9. The molecule has 10 nitrogen and oxygen atoms in total. The number of fused-ring (bicyclic) bond motifs is 1. The molecule has 272 valence electrons. The molecule has 11 heteroatoms. The molecule has 1 N–H and O–H groups in total. The summed E-state index contributed by atoms with van der Waals surface area (Å²) in [7, 11) is -0.472. The fourth-order valence-electron chi connectivity index (χ4n) is 7.15. The molecule has 4 aromatic rings. The van der Waals surface area contributed by atoms with Crippen LogP contribution in [0.3, 0.4) is 0 Å². The highest BCUT2D eigenvalue weighted by Gasteiger charge is 2.43. The van der Waals surface area contributed by atoms with Gasteiger partial charge in [-0.1, -0.05) is 42.0 Å². The van der Waals surface area contributed by atoms with Gasteiger partial charge in [0.1, 0.15) is 23.9 Å². The lowest BCUT2D eigenvalue weighted by Crippen LogP contribution is -2.53. The van der Waals surface area contributed by atoms with Crippen LogP contribution in [0.5, 0.6) is 11.5 Å². The van der Waals surface area contributed by atoms with Crippen LogP contribution in [0.15, 0.2) is 96.0 Å². The van der Waals surface area contributed by atoms with Gasteiger partial charge in [0.15, 0.2) is 0 Å². The summed E-state index contributed by atoms with van der Waals surface area (Å²) in [6.45, 7) is 7.60. The SMILES string of the molecule is COCCCN1CCOc2ccc(CO[C@H]3CN(S(=O)(=O)c4ccc(C)cc4)[C@@H](CC(C)Nc4ccccn4)CC3c3ccc(OC)cc3)cc21. The van der Waals surface area contributed by atoms with Crippen LogP contribution in [0.2, 0.25) is 0 Å². The Morgan fingerprint density at radius 1 is 1.02 bits per heavy atom. The number of piperidine rings is 1. The fraction of sp³-hybridized carbons (Fsp3) is 0.425. The summed E-state index contributed by atoms with van der Waals surface area (Å²) < 4.78 is 54.2. The Labute approximate surface area is 302 Å². The van der Waals surface area contributed by atoms with Crippen molar-refractivity contribution in [2.45, 2.75) is 68.7 Å². The molecule has 2 aliphatic rings. The van der Waals surface area contributed by atoms with Crippen molar-refractivity contribution >= 4 is 21.5 Å². The van der Waals surface area contributed by atoms with Gasteiger partial charge in [-0.25, -0.2) is 13.4 Å². The summed E-state index contributed by atoms with van der Waals surface area (Å²) in [4.78, 5) is 7.06. The maximum absolute atomic E-state index is 14.5. The largest absolute Gasteiger partial charge is 0.497 e. The van der Waals surface area contributed by atoms with Crippen LogP contribution < -0.4 is 19.7 Å². The number of benzene rings is 3. The molecule has 0 saturated carbocycles. The molecule has 1 fully saturated rings. The lowest BCUT2D eigenvalue weighted by Gasteiger charge is -2.44. The van der Waals surface area contributed by atoms with E-state index in [1.165, 1.54) is 0 Å². The second-order valence-electron chi connectivity index (χ2n) is 13.5. The second kappa shape index (κ2) is 16.9. The minimum absolute atomic E-state index is 0.0425. The Kier molecular flexibility index (Phi) is 12.1. The van der Waals surface area contributed by atoms with E-state index in [-0.39, 0.29) is 29.4 Å². The number of ether oxygens (including phenoxy) is 4. The lowest BCUT2D eigenvalue weighted by molar-refractivity contribution is -0.0211. The average molecular weight is 715 g/mol. The fourth-order valence-corrected chi connectivity index (χ4v) is 8.81. The highest BCUT2D eigenvalue weighted by molar-refractivity contribution is 7.89. The molecule has 0 amide bonds. The monoisotopic (exact) mass is 714 g/mol. The van der Waals surface area contributed by atoms with Crippen LogP contribution in [0.1, 0.15) is 48.8 Å². The van der Waals surface area contributed by atoms with Gasteiger partial charge in [0.05, 0.1) is 36.9 Å². The van der Waals surface area contributed by atoms with Gasteiger partial charge in [-0.2, -0.15) is 4.31 Å². The number of rotatable bonds is 15. The summed E-state index contributed by atoms with van der Waals surface area (Å²) in [5.41, 5.74) is 4.15. The van der Waals surface area contributed by atoms with Crippen molar-refractivity contribution in [3.05, 3.63) is 108 Å². The van der Waals surface area contributed by atoms with Crippen molar-refractivity contribution in [2.24, 2.45) is 0 Å².